The molecule has 0 bridgehead atoms. The highest BCUT2D eigenvalue weighted by atomic mass is 32.1. The number of anilines is 1. The molecule has 0 aliphatic carbocycles. The minimum atomic E-state index is -0.248. The van der Waals surface area contributed by atoms with Gasteiger partial charge in [-0.1, -0.05) is 31.6 Å². The topological polar surface area (TPSA) is 76.1 Å². The number of benzene rings is 1. The lowest BCUT2D eigenvalue weighted by Gasteiger charge is -2.06. The Labute approximate surface area is 151 Å². The zero-order chi connectivity index (χ0) is 18.2. The molecule has 2 heterocycles. The van der Waals surface area contributed by atoms with Crippen LogP contribution in [-0.4, -0.2) is 30.0 Å². The molecule has 0 atom stereocenters. The summed E-state index contributed by atoms with van der Waals surface area (Å²) in [6.45, 7) is 4.25. The maximum Gasteiger partial charge on any atom is 0.269 e. The summed E-state index contributed by atoms with van der Waals surface area (Å²) in [5.74, 6) is 1.00. The van der Waals surface area contributed by atoms with Crippen LogP contribution in [-0.2, 0) is 0 Å². The van der Waals surface area contributed by atoms with Crippen LogP contribution in [0.15, 0.2) is 36.5 Å². The number of fused-ring (bicyclic) bond motifs is 1. The van der Waals surface area contributed by atoms with Gasteiger partial charge in [0.15, 0.2) is 5.13 Å². The van der Waals surface area contributed by atoms with Gasteiger partial charge in [0.2, 0.25) is 0 Å². The van der Waals surface area contributed by atoms with Crippen molar-refractivity contribution in [3.8, 4) is 11.5 Å². The van der Waals surface area contributed by atoms with Gasteiger partial charge in [-0.2, -0.15) is 0 Å². The van der Waals surface area contributed by atoms with E-state index in [0.717, 1.165) is 15.3 Å². The third kappa shape index (κ3) is 4.90. The average Bonchev–Trinajstić information content (AvgIpc) is 3.04. The molecule has 6 nitrogen and oxygen atoms in total. The minimum Gasteiger partial charge on any atom is -0.457 e. The molecule has 3 aromatic rings. The normalized spacial score (nSPS) is 9.92. The van der Waals surface area contributed by atoms with Crippen LogP contribution in [0.25, 0.3) is 10.2 Å². The van der Waals surface area contributed by atoms with Crippen LogP contribution in [0.4, 0.5) is 5.13 Å². The molecule has 0 radical (unpaired) electrons. The van der Waals surface area contributed by atoms with E-state index in [-0.39, 0.29) is 5.91 Å². The van der Waals surface area contributed by atoms with E-state index in [1.165, 1.54) is 6.42 Å². The van der Waals surface area contributed by atoms with Gasteiger partial charge in [-0.15, -0.1) is 0 Å². The molecule has 3 rings (SSSR count). The molecule has 132 valence electrons. The minimum absolute atomic E-state index is 0.248. The van der Waals surface area contributed by atoms with Gasteiger partial charge in [-0.3, -0.25) is 9.78 Å². The van der Waals surface area contributed by atoms with Gasteiger partial charge < -0.3 is 15.4 Å². The van der Waals surface area contributed by atoms with Crippen molar-refractivity contribution in [2.75, 3.05) is 19.4 Å². The summed E-state index contributed by atoms with van der Waals surface area (Å²) in [6.07, 6.45) is 2.80. The third-order valence-corrected chi connectivity index (χ3v) is 4.04. The molecule has 2 N–H and O–H groups in total. The fourth-order valence-electron chi connectivity index (χ4n) is 1.94. The van der Waals surface area contributed by atoms with E-state index in [1.807, 2.05) is 25.2 Å². The van der Waals surface area contributed by atoms with Gasteiger partial charge in [0.05, 0.1) is 10.2 Å². The number of ether oxygens (including phenoxy) is 1. The summed E-state index contributed by atoms with van der Waals surface area (Å²) >= 11 is 1.55. The Hall–Kier alpha value is -2.67. The molecular formula is C18H22N4O2S. The smallest absolute Gasteiger partial charge is 0.269 e. The van der Waals surface area contributed by atoms with Gasteiger partial charge in [-0.25, -0.2) is 4.98 Å². The van der Waals surface area contributed by atoms with Gasteiger partial charge in [0.25, 0.3) is 5.91 Å². The van der Waals surface area contributed by atoms with Gasteiger partial charge in [0, 0.05) is 32.4 Å². The molecule has 7 heteroatoms. The number of amides is 1. The molecule has 0 spiro atoms. The van der Waals surface area contributed by atoms with E-state index in [9.17, 15) is 4.79 Å². The summed E-state index contributed by atoms with van der Waals surface area (Å²) < 4.78 is 6.83. The SMILES string of the molecule is CCC.CNC(=O)c1cc(Oc2ccc3nc(NC)sc3c2)ccn1. The first-order chi connectivity index (χ1) is 12.1. The van der Waals surface area contributed by atoms with Crippen LogP contribution < -0.4 is 15.4 Å². The predicted molar refractivity (Wildman–Crippen MR) is 103 cm³/mol. The highest BCUT2D eigenvalue weighted by molar-refractivity contribution is 7.22. The maximum absolute atomic E-state index is 11.6. The third-order valence-electron chi connectivity index (χ3n) is 3.00. The molecule has 1 amide bonds. The van der Waals surface area contributed by atoms with Crippen molar-refractivity contribution >= 4 is 32.6 Å². The Morgan fingerprint density at radius 2 is 1.88 bits per heavy atom. The van der Waals surface area contributed by atoms with Crippen LogP contribution in [0.5, 0.6) is 11.5 Å². The molecule has 0 saturated heterocycles. The van der Waals surface area contributed by atoms with E-state index in [0.29, 0.717) is 17.2 Å². The standard InChI is InChI=1S/C15H14N4O2S.C3H8/c1-16-14(20)12-7-10(5-6-18-12)21-9-3-4-11-13(8-9)22-15(17-2)19-11;1-3-2/h3-8H,1-2H3,(H,16,20)(H,17,19);3H2,1-2H3. The summed E-state index contributed by atoms with van der Waals surface area (Å²) in [4.78, 5) is 20.0. The van der Waals surface area contributed by atoms with E-state index in [4.69, 9.17) is 4.74 Å². The Bertz CT molecular complexity index is 848. The molecule has 0 aliphatic heterocycles. The van der Waals surface area contributed by atoms with Gasteiger partial charge in [0.1, 0.15) is 17.2 Å². The first kappa shape index (κ1) is 18.7. The Morgan fingerprint density at radius 3 is 2.56 bits per heavy atom. The predicted octanol–water partition coefficient (Wildman–Crippen LogP) is 4.30. The van der Waals surface area contributed by atoms with Crippen molar-refractivity contribution < 1.29 is 9.53 Å². The van der Waals surface area contributed by atoms with Crippen LogP contribution in [0, 0.1) is 0 Å². The van der Waals surface area contributed by atoms with Crippen molar-refractivity contribution in [1.82, 2.24) is 15.3 Å². The van der Waals surface area contributed by atoms with Crippen molar-refractivity contribution in [3.05, 3.63) is 42.2 Å². The van der Waals surface area contributed by atoms with Gasteiger partial charge >= 0.3 is 0 Å². The number of hydrogen-bond acceptors (Lipinski definition) is 6. The number of thiazole rings is 1. The Kier molecular flexibility index (Phi) is 6.71. The lowest BCUT2D eigenvalue weighted by Crippen LogP contribution is -2.18. The molecule has 25 heavy (non-hydrogen) atoms. The van der Waals surface area contributed by atoms with Crippen LogP contribution in [0.3, 0.4) is 0 Å². The van der Waals surface area contributed by atoms with Crippen molar-refractivity contribution in [2.24, 2.45) is 0 Å². The van der Waals surface area contributed by atoms with Crippen LogP contribution in [0.2, 0.25) is 0 Å². The molecule has 0 aliphatic rings. The monoisotopic (exact) mass is 358 g/mol. The zero-order valence-corrected chi connectivity index (χ0v) is 15.6. The first-order valence-corrected chi connectivity index (χ1v) is 8.87. The number of nitrogens with one attached hydrogen (secondary N) is 2. The van der Waals surface area contributed by atoms with Crippen molar-refractivity contribution in [3.63, 3.8) is 0 Å². The van der Waals surface area contributed by atoms with Crippen molar-refractivity contribution in [2.45, 2.75) is 20.3 Å². The molecule has 0 saturated carbocycles. The summed E-state index contributed by atoms with van der Waals surface area (Å²) in [5.41, 5.74) is 1.24. The number of carbonyl (C=O) groups excluding carboxylic acids is 1. The number of carbonyl (C=O) groups is 1. The zero-order valence-electron chi connectivity index (χ0n) is 14.8. The number of aromatic nitrogens is 2. The number of pyridine rings is 1. The second kappa shape index (κ2) is 8.98. The molecule has 0 fully saturated rings. The lowest BCUT2D eigenvalue weighted by molar-refractivity contribution is 0.0958. The second-order valence-electron chi connectivity index (χ2n) is 5.16. The molecule has 0 unspecified atom stereocenters. The summed E-state index contributed by atoms with van der Waals surface area (Å²) in [7, 11) is 3.40. The lowest BCUT2D eigenvalue weighted by atomic mass is 10.3. The number of hydrogen-bond donors (Lipinski definition) is 2. The number of nitrogens with zero attached hydrogens (tertiary/aromatic N) is 2. The largest absolute Gasteiger partial charge is 0.457 e. The van der Waals surface area contributed by atoms with E-state index in [1.54, 1.807) is 36.7 Å². The maximum atomic E-state index is 11.6. The Morgan fingerprint density at radius 1 is 1.16 bits per heavy atom. The van der Waals surface area contributed by atoms with Crippen LogP contribution in [0.1, 0.15) is 30.8 Å². The molecular weight excluding hydrogens is 336 g/mol. The fraction of sp³-hybridized carbons (Fsp3) is 0.278. The molecule has 1 aromatic carbocycles. The van der Waals surface area contributed by atoms with E-state index in [2.05, 4.69) is 34.4 Å². The van der Waals surface area contributed by atoms with E-state index < -0.39 is 0 Å². The summed E-state index contributed by atoms with van der Waals surface area (Å²) in [6, 6.07) is 9.00. The fourth-order valence-corrected chi connectivity index (χ4v) is 2.79. The van der Waals surface area contributed by atoms with Crippen molar-refractivity contribution in [1.29, 1.82) is 0 Å². The quantitative estimate of drug-likeness (QED) is 0.727. The van der Waals surface area contributed by atoms with Gasteiger partial charge in [-0.05, 0) is 18.2 Å². The average molecular weight is 358 g/mol. The van der Waals surface area contributed by atoms with Crippen LogP contribution >= 0.6 is 11.3 Å². The highest BCUT2D eigenvalue weighted by Gasteiger charge is 2.08. The Balaban J connectivity index is 0.000000701. The number of rotatable bonds is 4. The highest BCUT2D eigenvalue weighted by Crippen LogP contribution is 2.31. The molecule has 2 aromatic heterocycles. The summed E-state index contributed by atoms with van der Waals surface area (Å²) in [5, 5.41) is 6.42. The first-order valence-electron chi connectivity index (χ1n) is 8.05. The van der Waals surface area contributed by atoms with E-state index >= 15 is 0 Å². The second-order valence-corrected chi connectivity index (χ2v) is 6.19.